The van der Waals surface area contributed by atoms with E-state index in [4.69, 9.17) is 5.73 Å². The fourth-order valence-electron chi connectivity index (χ4n) is 2.00. The summed E-state index contributed by atoms with van der Waals surface area (Å²) in [5.74, 6) is 1.26. The van der Waals surface area contributed by atoms with Crippen molar-refractivity contribution in [3.63, 3.8) is 0 Å². The Morgan fingerprint density at radius 1 is 1.42 bits per heavy atom. The Morgan fingerprint density at radius 2 is 2.11 bits per heavy atom. The molecule has 0 saturated carbocycles. The Labute approximate surface area is 115 Å². The number of nitrogen functional groups attached to an aromatic ring is 1. The van der Waals surface area contributed by atoms with Gasteiger partial charge in [0.2, 0.25) is 5.91 Å². The monoisotopic (exact) mass is 281 g/mol. The molecule has 0 radical (unpaired) electrons. The van der Waals surface area contributed by atoms with E-state index in [1.807, 2.05) is 24.0 Å². The highest BCUT2D eigenvalue weighted by atomic mass is 32.2. The molecule has 1 heterocycles. The molecule has 0 aromatic heterocycles. The number of anilines is 2. The summed E-state index contributed by atoms with van der Waals surface area (Å²) in [7, 11) is -0.710. The van der Waals surface area contributed by atoms with Crippen LogP contribution in [0.5, 0.6) is 0 Å². The van der Waals surface area contributed by atoms with E-state index in [-0.39, 0.29) is 5.91 Å². The van der Waals surface area contributed by atoms with Gasteiger partial charge in [-0.2, -0.15) is 0 Å². The molecule has 6 heteroatoms. The Bertz CT molecular complexity index is 495. The van der Waals surface area contributed by atoms with E-state index in [0.29, 0.717) is 23.7 Å². The van der Waals surface area contributed by atoms with Crippen molar-refractivity contribution >= 4 is 28.1 Å². The summed E-state index contributed by atoms with van der Waals surface area (Å²) in [5.41, 5.74) is 8.08. The molecular weight excluding hydrogens is 262 g/mol. The lowest BCUT2D eigenvalue weighted by Crippen LogP contribution is -2.42. The van der Waals surface area contributed by atoms with E-state index < -0.39 is 10.8 Å². The second kappa shape index (κ2) is 6.16. The molecule has 1 aromatic carbocycles. The van der Waals surface area contributed by atoms with Crippen LogP contribution in [0.15, 0.2) is 18.2 Å². The Hall–Kier alpha value is -1.40. The topological polar surface area (TPSA) is 75.4 Å². The lowest BCUT2D eigenvalue weighted by molar-refractivity contribution is -0.117. The summed E-state index contributed by atoms with van der Waals surface area (Å²) in [6, 6.07) is 5.46. The van der Waals surface area contributed by atoms with Crippen LogP contribution in [0.25, 0.3) is 0 Å². The van der Waals surface area contributed by atoms with Gasteiger partial charge in [0, 0.05) is 46.8 Å². The average Bonchev–Trinajstić information content (AvgIpc) is 2.37. The number of nitrogens with zero attached hydrogens (tertiary/aromatic N) is 1. The van der Waals surface area contributed by atoms with Crippen LogP contribution < -0.4 is 11.1 Å². The molecule has 5 nitrogen and oxygen atoms in total. The van der Waals surface area contributed by atoms with Crippen LogP contribution in [0.1, 0.15) is 5.56 Å². The van der Waals surface area contributed by atoms with Crippen molar-refractivity contribution in [3.8, 4) is 0 Å². The first-order valence-electron chi connectivity index (χ1n) is 6.28. The summed E-state index contributed by atoms with van der Waals surface area (Å²) in [5, 5.41) is 2.87. The van der Waals surface area contributed by atoms with Gasteiger partial charge in [0.05, 0.1) is 6.54 Å². The zero-order chi connectivity index (χ0) is 13.8. The predicted molar refractivity (Wildman–Crippen MR) is 78.5 cm³/mol. The fraction of sp³-hybridized carbons (Fsp3) is 0.462. The van der Waals surface area contributed by atoms with Gasteiger partial charge in [-0.05, 0) is 24.6 Å². The Morgan fingerprint density at radius 3 is 2.79 bits per heavy atom. The number of aryl methyl sites for hydroxylation is 1. The van der Waals surface area contributed by atoms with Crippen LogP contribution >= 0.6 is 0 Å². The lowest BCUT2D eigenvalue weighted by Gasteiger charge is -2.25. The number of hydrogen-bond acceptors (Lipinski definition) is 4. The van der Waals surface area contributed by atoms with Crippen LogP contribution in [0.4, 0.5) is 11.4 Å². The van der Waals surface area contributed by atoms with Gasteiger partial charge in [0.15, 0.2) is 0 Å². The summed E-state index contributed by atoms with van der Waals surface area (Å²) in [6.07, 6.45) is 0. The summed E-state index contributed by atoms with van der Waals surface area (Å²) < 4.78 is 11.2. The first-order chi connectivity index (χ1) is 9.04. The number of nitrogens with one attached hydrogen (secondary N) is 1. The van der Waals surface area contributed by atoms with Crippen LogP contribution in [-0.2, 0) is 15.6 Å². The van der Waals surface area contributed by atoms with Crippen molar-refractivity contribution in [1.29, 1.82) is 0 Å². The number of benzene rings is 1. The fourth-order valence-corrected chi connectivity index (χ4v) is 3.13. The van der Waals surface area contributed by atoms with Crippen molar-refractivity contribution in [2.75, 3.05) is 42.2 Å². The van der Waals surface area contributed by atoms with Gasteiger partial charge >= 0.3 is 0 Å². The molecule has 2 rings (SSSR count). The molecule has 1 saturated heterocycles. The number of rotatable bonds is 3. The maximum absolute atomic E-state index is 12.0. The lowest BCUT2D eigenvalue weighted by atomic mass is 10.2. The average molecular weight is 281 g/mol. The Balaban J connectivity index is 1.90. The number of nitrogens with two attached hydrogens (primary N) is 1. The van der Waals surface area contributed by atoms with E-state index in [2.05, 4.69) is 5.32 Å². The highest BCUT2D eigenvalue weighted by Gasteiger charge is 2.17. The molecule has 1 fully saturated rings. The standard InChI is InChI=1S/C13H19N3O2S/c1-10-2-3-11(14)8-12(10)15-13(17)9-16-4-6-19(18)7-5-16/h2-3,8H,4-7,9,14H2,1H3,(H,15,17). The van der Waals surface area contributed by atoms with E-state index in [1.165, 1.54) is 0 Å². The minimum Gasteiger partial charge on any atom is -0.399 e. The van der Waals surface area contributed by atoms with Crippen LogP contribution in [0.2, 0.25) is 0 Å². The summed E-state index contributed by atoms with van der Waals surface area (Å²) in [4.78, 5) is 14.0. The third-order valence-electron chi connectivity index (χ3n) is 3.17. The molecular formula is C13H19N3O2S. The van der Waals surface area contributed by atoms with E-state index in [9.17, 15) is 9.00 Å². The normalized spacial score (nSPS) is 17.3. The highest BCUT2D eigenvalue weighted by molar-refractivity contribution is 7.85. The molecule has 0 atom stereocenters. The molecule has 1 aliphatic rings. The van der Waals surface area contributed by atoms with E-state index >= 15 is 0 Å². The van der Waals surface area contributed by atoms with E-state index in [1.54, 1.807) is 6.07 Å². The number of amides is 1. The smallest absolute Gasteiger partial charge is 0.238 e. The molecule has 1 aromatic rings. The molecule has 1 aliphatic heterocycles. The maximum Gasteiger partial charge on any atom is 0.238 e. The molecule has 1 amide bonds. The van der Waals surface area contributed by atoms with Crippen LogP contribution in [-0.4, -0.2) is 46.2 Å². The molecule has 0 unspecified atom stereocenters. The second-order valence-electron chi connectivity index (χ2n) is 4.75. The molecule has 0 spiro atoms. The quantitative estimate of drug-likeness (QED) is 0.795. The largest absolute Gasteiger partial charge is 0.399 e. The number of carbonyl (C=O) groups is 1. The van der Waals surface area contributed by atoms with Gasteiger partial charge in [-0.15, -0.1) is 0 Å². The van der Waals surface area contributed by atoms with E-state index in [0.717, 1.165) is 24.3 Å². The summed E-state index contributed by atoms with van der Waals surface area (Å²) >= 11 is 0. The first kappa shape index (κ1) is 14.0. The third kappa shape index (κ3) is 4.04. The minimum absolute atomic E-state index is 0.0543. The number of carbonyl (C=O) groups excluding carboxylic acids is 1. The van der Waals surface area contributed by atoms with Crippen molar-refractivity contribution in [3.05, 3.63) is 23.8 Å². The van der Waals surface area contributed by atoms with Gasteiger partial charge in [0.25, 0.3) is 0 Å². The van der Waals surface area contributed by atoms with Crippen molar-refractivity contribution < 1.29 is 9.00 Å². The van der Waals surface area contributed by atoms with Crippen molar-refractivity contribution in [2.45, 2.75) is 6.92 Å². The SMILES string of the molecule is Cc1ccc(N)cc1NC(=O)CN1CCS(=O)CC1. The van der Waals surface area contributed by atoms with Crippen molar-refractivity contribution in [1.82, 2.24) is 4.90 Å². The second-order valence-corrected chi connectivity index (χ2v) is 6.44. The Kier molecular flexibility index (Phi) is 4.55. The highest BCUT2D eigenvalue weighted by Crippen LogP contribution is 2.18. The van der Waals surface area contributed by atoms with Gasteiger partial charge in [0.1, 0.15) is 0 Å². The molecule has 19 heavy (non-hydrogen) atoms. The molecule has 0 aliphatic carbocycles. The maximum atomic E-state index is 12.0. The van der Waals surface area contributed by atoms with Gasteiger partial charge in [-0.3, -0.25) is 13.9 Å². The van der Waals surface area contributed by atoms with Crippen molar-refractivity contribution in [2.24, 2.45) is 0 Å². The number of hydrogen-bond donors (Lipinski definition) is 2. The van der Waals surface area contributed by atoms with Gasteiger partial charge in [-0.25, -0.2) is 0 Å². The van der Waals surface area contributed by atoms with Crippen LogP contribution in [0.3, 0.4) is 0 Å². The molecule has 0 bridgehead atoms. The predicted octanol–water partition coefficient (Wildman–Crippen LogP) is 0.580. The zero-order valence-corrected chi connectivity index (χ0v) is 11.8. The molecule has 3 N–H and O–H groups in total. The minimum atomic E-state index is -0.710. The zero-order valence-electron chi connectivity index (χ0n) is 11.0. The summed E-state index contributed by atoms with van der Waals surface area (Å²) in [6.45, 7) is 3.70. The first-order valence-corrected chi connectivity index (χ1v) is 7.77. The van der Waals surface area contributed by atoms with Gasteiger partial charge < -0.3 is 11.1 Å². The molecule has 104 valence electrons. The third-order valence-corrected chi connectivity index (χ3v) is 4.45. The van der Waals surface area contributed by atoms with Gasteiger partial charge in [-0.1, -0.05) is 6.07 Å². The van der Waals surface area contributed by atoms with Crippen LogP contribution in [0, 0.1) is 6.92 Å².